The van der Waals surface area contributed by atoms with E-state index in [4.69, 9.17) is 16.0 Å². The predicted octanol–water partition coefficient (Wildman–Crippen LogP) is 3.21. The monoisotopic (exact) mass is 263 g/mol. The Bertz CT molecular complexity index is 379. The van der Waals surface area contributed by atoms with Gasteiger partial charge in [-0.1, -0.05) is 51.2 Å². The van der Waals surface area contributed by atoms with Crippen LogP contribution in [0.15, 0.2) is 24.3 Å². The van der Waals surface area contributed by atoms with E-state index < -0.39 is 0 Å². The van der Waals surface area contributed by atoms with Gasteiger partial charge in [-0.05, 0) is 18.6 Å². The zero-order valence-corrected chi connectivity index (χ0v) is 11.7. The van der Waals surface area contributed by atoms with Gasteiger partial charge in [0.2, 0.25) is 0 Å². The van der Waals surface area contributed by atoms with Gasteiger partial charge in [0.15, 0.2) is 0 Å². The van der Waals surface area contributed by atoms with Gasteiger partial charge in [-0.3, -0.25) is 5.41 Å². The Kier molecular flexibility index (Phi) is 7.66. The van der Waals surface area contributed by atoms with Crippen molar-refractivity contribution >= 4 is 5.84 Å². The van der Waals surface area contributed by atoms with Crippen molar-refractivity contribution in [2.45, 2.75) is 45.4 Å². The number of benzene rings is 1. The Morgan fingerprint density at radius 1 is 1.21 bits per heavy atom. The minimum absolute atomic E-state index is 0.199. The Morgan fingerprint density at radius 3 is 2.68 bits per heavy atom. The Hall–Kier alpha value is -1.55. The average Bonchev–Trinajstić information content (AvgIpc) is 2.46. The largest absolute Gasteiger partial charge is 0.494 e. The molecule has 0 unspecified atom stereocenters. The van der Waals surface area contributed by atoms with Crippen LogP contribution in [-0.2, 0) is 0 Å². The summed E-state index contributed by atoms with van der Waals surface area (Å²) < 4.78 is 5.68. The highest BCUT2D eigenvalue weighted by atomic mass is 16.5. The second-order valence-electron chi connectivity index (χ2n) is 4.66. The predicted molar refractivity (Wildman–Crippen MR) is 79.5 cm³/mol. The number of ether oxygens (including phenoxy) is 1. The summed E-state index contributed by atoms with van der Waals surface area (Å²) >= 11 is 0. The minimum atomic E-state index is 0.199. The first-order chi connectivity index (χ1) is 9.27. The SMILES string of the molecule is CCCCCCCCOc1cccc(C(=N)NN)c1. The van der Waals surface area contributed by atoms with E-state index >= 15 is 0 Å². The number of hydrogen-bond donors (Lipinski definition) is 3. The molecule has 0 bridgehead atoms. The van der Waals surface area contributed by atoms with Crippen molar-refractivity contribution in [2.24, 2.45) is 5.84 Å². The molecular weight excluding hydrogens is 238 g/mol. The zero-order chi connectivity index (χ0) is 13.9. The van der Waals surface area contributed by atoms with Crippen LogP contribution in [-0.4, -0.2) is 12.4 Å². The summed E-state index contributed by atoms with van der Waals surface area (Å²) in [6.45, 7) is 2.96. The van der Waals surface area contributed by atoms with Gasteiger partial charge in [0, 0.05) is 5.56 Å². The second-order valence-corrected chi connectivity index (χ2v) is 4.66. The third kappa shape index (κ3) is 6.25. The molecule has 0 aliphatic carbocycles. The van der Waals surface area contributed by atoms with Crippen molar-refractivity contribution in [2.75, 3.05) is 6.61 Å². The first kappa shape index (κ1) is 15.5. The van der Waals surface area contributed by atoms with E-state index in [1.807, 2.05) is 24.3 Å². The number of hydrazine groups is 1. The van der Waals surface area contributed by atoms with Gasteiger partial charge in [0.1, 0.15) is 11.6 Å². The summed E-state index contributed by atoms with van der Waals surface area (Å²) in [4.78, 5) is 0. The van der Waals surface area contributed by atoms with Crippen molar-refractivity contribution in [3.8, 4) is 5.75 Å². The van der Waals surface area contributed by atoms with E-state index in [0.29, 0.717) is 0 Å². The molecule has 106 valence electrons. The molecule has 19 heavy (non-hydrogen) atoms. The summed E-state index contributed by atoms with van der Waals surface area (Å²) in [5.74, 6) is 6.21. The molecule has 0 fully saturated rings. The lowest BCUT2D eigenvalue weighted by atomic mass is 10.1. The third-order valence-corrected chi connectivity index (χ3v) is 3.03. The van der Waals surface area contributed by atoms with Crippen LogP contribution in [0.5, 0.6) is 5.75 Å². The maximum absolute atomic E-state index is 7.59. The molecule has 0 saturated carbocycles. The first-order valence-corrected chi connectivity index (χ1v) is 7.06. The topological polar surface area (TPSA) is 71.1 Å². The Morgan fingerprint density at radius 2 is 1.95 bits per heavy atom. The van der Waals surface area contributed by atoms with E-state index in [2.05, 4.69) is 12.3 Å². The molecule has 0 atom stereocenters. The van der Waals surface area contributed by atoms with Crippen LogP contribution in [0.2, 0.25) is 0 Å². The third-order valence-electron chi connectivity index (χ3n) is 3.03. The molecule has 0 heterocycles. The summed E-state index contributed by atoms with van der Waals surface area (Å²) in [6.07, 6.45) is 7.53. The normalized spacial score (nSPS) is 10.2. The number of nitrogens with one attached hydrogen (secondary N) is 2. The zero-order valence-electron chi connectivity index (χ0n) is 11.7. The van der Waals surface area contributed by atoms with Crippen molar-refractivity contribution in [3.05, 3.63) is 29.8 Å². The molecule has 1 aromatic rings. The van der Waals surface area contributed by atoms with Crippen LogP contribution >= 0.6 is 0 Å². The second kappa shape index (κ2) is 9.39. The smallest absolute Gasteiger partial charge is 0.139 e. The molecule has 0 radical (unpaired) electrons. The quantitative estimate of drug-likeness (QED) is 0.211. The lowest BCUT2D eigenvalue weighted by Crippen LogP contribution is -2.29. The van der Waals surface area contributed by atoms with E-state index in [-0.39, 0.29) is 5.84 Å². The van der Waals surface area contributed by atoms with Crippen LogP contribution in [0.25, 0.3) is 0 Å². The van der Waals surface area contributed by atoms with Crippen molar-refractivity contribution in [1.82, 2.24) is 5.43 Å². The van der Waals surface area contributed by atoms with Crippen molar-refractivity contribution < 1.29 is 4.74 Å². The fraction of sp³-hybridized carbons (Fsp3) is 0.533. The van der Waals surface area contributed by atoms with Crippen molar-refractivity contribution in [3.63, 3.8) is 0 Å². The molecule has 1 rings (SSSR count). The van der Waals surface area contributed by atoms with Crippen LogP contribution in [0, 0.1) is 5.41 Å². The highest BCUT2D eigenvalue weighted by Crippen LogP contribution is 2.14. The molecule has 4 nitrogen and oxygen atoms in total. The number of hydrogen-bond acceptors (Lipinski definition) is 3. The number of amidine groups is 1. The van der Waals surface area contributed by atoms with E-state index in [0.717, 1.165) is 24.3 Å². The van der Waals surface area contributed by atoms with E-state index in [1.165, 1.54) is 32.1 Å². The Labute approximate surface area is 115 Å². The lowest BCUT2D eigenvalue weighted by Gasteiger charge is -2.08. The van der Waals surface area contributed by atoms with Crippen LogP contribution in [0.3, 0.4) is 0 Å². The fourth-order valence-electron chi connectivity index (χ4n) is 1.90. The van der Waals surface area contributed by atoms with Gasteiger partial charge < -0.3 is 10.2 Å². The molecule has 0 saturated heterocycles. The van der Waals surface area contributed by atoms with Gasteiger partial charge in [0.25, 0.3) is 0 Å². The van der Waals surface area contributed by atoms with Crippen LogP contribution in [0.4, 0.5) is 0 Å². The highest BCUT2D eigenvalue weighted by molar-refractivity contribution is 5.96. The van der Waals surface area contributed by atoms with Crippen molar-refractivity contribution in [1.29, 1.82) is 5.41 Å². The highest BCUT2D eigenvalue weighted by Gasteiger charge is 2.01. The summed E-state index contributed by atoms with van der Waals surface area (Å²) in [5.41, 5.74) is 3.07. The van der Waals surface area contributed by atoms with E-state index in [1.54, 1.807) is 0 Å². The van der Waals surface area contributed by atoms with Crippen LogP contribution < -0.4 is 16.0 Å². The summed E-state index contributed by atoms with van der Waals surface area (Å²) in [7, 11) is 0. The molecule has 4 heteroatoms. The van der Waals surface area contributed by atoms with Crippen LogP contribution in [0.1, 0.15) is 51.0 Å². The number of rotatable bonds is 9. The number of nitrogens with two attached hydrogens (primary N) is 1. The average molecular weight is 263 g/mol. The molecule has 1 aromatic carbocycles. The van der Waals surface area contributed by atoms with E-state index in [9.17, 15) is 0 Å². The van der Waals surface area contributed by atoms with Gasteiger partial charge in [-0.15, -0.1) is 0 Å². The summed E-state index contributed by atoms with van der Waals surface area (Å²) in [5, 5.41) is 7.59. The molecule has 0 spiro atoms. The first-order valence-electron chi connectivity index (χ1n) is 7.06. The molecule has 0 aliphatic heterocycles. The number of unbranched alkanes of at least 4 members (excludes halogenated alkanes) is 5. The molecular formula is C15H25N3O. The molecule has 0 aromatic heterocycles. The summed E-state index contributed by atoms with van der Waals surface area (Å²) in [6, 6.07) is 7.45. The van der Waals surface area contributed by atoms with Gasteiger partial charge in [-0.2, -0.15) is 0 Å². The molecule has 0 aliphatic rings. The Balaban J connectivity index is 2.24. The standard InChI is InChI=1S/C15H25N3O/c1-2-3-4-5-6-7-11-19-14-10-8-9-13(12-14)15(16)18-17/h8-10,12H,2-7,11,17H2,1H3,(H2,16,18). The van der Waals surface area contributed by atoms with Gasteiger partial charge in [0.05, 0.1) is 6.61 Å². The minimum Gasteiger partial charge on any atom is -0.494 e. The maximum Gasteiger partial charge on any atom is 0.139 e. The van der Waals surface area contributed by atoms with Gasteiger partial charge >= 0.3 is 0 Å². The molecule has 0 amide bonds. The maximum atomic E-state index is 7.59. The lowest BCUT2D eigenvalue weighted by molar-refractivity contribution is 0.304. The fourth-order valence-corrected chi connectivity index (χ4v) is 1.90. The van der Waals surface area contributed by atoms with Gasteiger partial charge in [-0.25, -0.2) is 5.84 Å². The molecule has 4 N–H and O–H groups in total.